The lowest BCUT2D eigenvalue weighted by Crippen LogP contribution is -2.32. The fourth-order valence-corrected chi connectivity index (χ4v) is 2.61. The van der Waals surface area contributed by atoms with Crippen LogP contribution in [-0.4, -0.2) is 17.9 Å². The molecule has 124 valence electrons. The second kappa shape index (κ2) is 8.51. The summed E-state index contributed by atoms with van der Waals surface area (Å²) in [6.45, 7) is 4.48. The van der Waals surface area contributed by atoms with E-state index in [0.717, 1.165) is 24.8 Å². The average molecular weight is 314 g/mol. The highest BCUT2D eigenvalue weighted by Gasteiger charge is 2.14. The van der Waals surface area contributed by atoms with Gasteiger partial charge in [-0.15, -0.1) is 0 Å². The summed E-state index contributed by atoms with van der Waals surface area (Å²) in [5, 5.41) is 5.89. The first-order chi connectivity index (χ1) is 11.1. The number of carbonyl (C=O) groups excluding carboxylic acids is 2. The Morgan fingerprint density at radius 2 is 2.17 bits per heavy atom. The summed E-state index contributed by atoms with van der Waals surface area (Å²) in [5.41, 5.74) is 1.58. The Morgan fingerprint density at radius 1 is 1.35 bits per heavy atom. The van der Waals surface area contributed by atoms with Gasteiger partial charge in [0.15, 0.2) is 0 Å². The van der Waals surface area contributed by atoms with Crippen LogP contribution in [0.4, 0.5) is 0 Å². The molecule has 1 aromatic carbocycles. The van der Waals surface area contributed by atoms with Crippen LogP contribution in [0.5, 0.6) is 0 Å². The van der Waals surface area contributed by atoms with E-state index < -0.39 is 0 Å². The Labute approximate surface area is 138 Å². The average Bonchev–Trinajstić information content (AvgIpc) is 3.06. The molecule has 1 aliphatic rings. The maximum absolute atomic E-state index is 12.1. The zero-order chi connectivity index (χ0) is 16.7. The molecule has 0 saturated carbocycles. The fraction of sp³-hybridized carbons (Fsp3) is 0.474. The van der Waals surface area contributed by atoms with Crippen LogP contribution in [0.15, 0.2) is 36.4 Å². The van der Waals surface area contributed by atoms with Crippen molar-refractivity contribution in [3.05, 3.63) is 47.5 Å². The predicted molar refractivity (Wildman–Crippen MR) is 92.0 cm³/mol. The molecule has 2 rings (SSSR count). The lowest BCUT2D eigenvalue weighted by Gasteiger charge is -2.12. The number of allylic oxidation sites excluding steroid dienone is 2. The van der Waals surface area contributed by atoms with Crippen LogP contribution in [0.1, 0.15) is 55.5 Å². The molecule has 0 saturated heterocycles. The SMILES string of the molecule is CCC(C)NC(=O)c1cccc(CNC(=O)CC2C=CCC2)c1. The standard InChI is InChI=1S/C19H26N2O2/c1-3-14(2)21-19(23)17-10-6-9-16(11-17)13-20-18(22)12-15-7-4-5-8-15/h4,6-7,9-11,14-15H,3,5,8,12-13H2,1-2H3,(H,20,22)(H,21,23). The summed E-state index contributed by atoms with van der Waals surface area (Å²) >= 11 is 0. The highest BCUT2D eigenvalue weighted by atomic mass is 16.2. The van der Waals surface area contributed by atoms with Gasteiger partial charge in [-0.2, -0.15) is 0 Å². The Bertz CT molecular complexity index is 580. The number of rotatable bonds is 7. The second-order valence-electron chi connectivity index (χ2n) is 6.23. The van der Waals surface area contributed by atoms with E-state index in [1.54, 1.807) is 6.07 Å². The summed E-state index contributed by atoms with van der Waals surface area (Å²) in [5.74, 6) is 0.377. The molecule has 1 aromatic rings. The van der Waals surface area contributed by atoms with Crippen molar-refractivity contribution in [1.82, 2.24) is 10.6 Å². The summed E-state index contributed by atoms with van der Waals surface area (Å²) in [4.78, 5) is 24.1. The molecule has 4 heteroatoms. The summed E-state index contributed by atoms with van der Waals surface area (Å²) in [7, 11) is 0. The third-order valence-corrected chi connectivity index (χ3v) is 4.23. The Hall–Kier alpha value is -2.10. The van der Waals surface area contributed by atoms with Gasteiger partial charge in [0.05, 0.1) is 0 Å². The van der Waals surface area contributed by atoms with E-state index in [1.807, 2.05) is 32.0 Å². The number of benzene rings is 1. The molecule has 0 radical (unpaired) electrons. The van der Waals surface area contributed by atoms with E-state index in [4.69, 9.17) is 0 Å². The van der Waals surface area contributed by atoms with Crippen molar-refractivity contribution in [3.63, 3.8) is 0 Å². The summed E-state index contributed by atoms with van der Waals surface area (Å²) in [6, 6.07) is 7.58. The lowest BCUT2D eigenvalue weighted by molar-refractivity contribution is -0.121. The minimum atomic E-state index is -0.0661. The topological polar surface area (TPSA) is 58.2 Å². The van der Waals surface area contributed by atoms with E-state index in [1.165, 1.54) is 0 Å². The lowest BCUT2D eigenvalue weighted by atomic mass is 10.0. The van der Waals surface area contributed by atoms with Crippen LogP contribution in [0.2, 0.25) is 0 Å². The molecule has 2 amide bonds. The number of amides is 2. The van der Waals surface area contributed by atoms with Crippen LogP contribution in [0, 0.1) is 5.92 Å². The highest BCUT2D eigenvalue weighted by Crippen LogP contribution is 2.20. The zero-order valence-electron chi connectivity index (χ0n) is 14.0. The van der Waals surface area contributed by atoms with E-state index in [0.29, 0.717) is 24.4 Å². The van der Waals surface area contributed by atoms with Gasteiger partial charge in [-0.25, -0.2) is 0 Å². The predicted octanol–water partition coefficient (Wildman–Crippen LogP) is 3.19. The Balaban J connectivity index is 1.85. The molecule has 0 fully saturated rings. The largest absolute Gasteiger partial charge is 0.352 e. The third-order valence-electron chi connectivity index (χ3n) is 4.23. The van der Waals surface area contributed by atoms with Crippen molar-refractivity contribution in [1.29, 1.82) is 0 Å². The quantitative estimate of drug-likeness (QED) is 0.759. The molecular formula is C19H26N2O2. The van der Waals surface area contributed by atoms with Gasteiger partial charge in [0, 0.05) is 24.6 Å². The fourth-order valence-electron chi connectivity index (χ4n) is 2.61. The Morgan fingerprint density at radius 3 is 2.87 bits per heavy atom. The maximum atomic E-state index is 12.1. The second-order valence-corrected chi connectivity index (χ2v) is 6.23. The van der Waals surface area contributed by atoms with Gasteiger partial charge in [0.1, 0.15) is 0 Å². The van der Waals surface area contributed by atoms with Crippen LogP contribution in [0.25, 0.3) is 0 Å². The van der Waals surface area contributed by atoms with Crippen molar-refractivity contribution in [2.45, 2.75) is 52.1 Å². The molecule has 2 N–H and O–H groups in total. The normalized spacial score (nSPS) is 17.7. The minimum Gasteiger partial charge on any atom is -0.352 e. The molecule has 0 aliphatic heterocycles. The molecular weight excluding hydrogens is 288 g/mol. The van der Waals surface area contributed by atoms with Crippen molar-refractivity contribution in [2.75, 3.05) is 0 Å². The summed E-state index contributed by atoms with van der Waals surface area (Å²) < 4.78 is 0. The van der Waals surface area contributed by atoms with Crippen LogP contribution >= 0.6 is 0 Å². The number of hydrogen-bond donors (Lipinski definition) is 2. The first-order valence-corrected chi connectivity index (χ1v) is 8.41. The molecule has 0 heterocycles. The monoisotopic (exact) mass is 314 g/mol. The molecule has 23 heavy (non-hydrogen) atoms. The molecule has 0 aromatic heterocycles. The van der Waals surface area contributed by atoms with Crippen LogP contribution in [-0.2, 0) is 11.3 Å². The van der Waals surface area contributed by atoms with Gasteiger partial charge in [0.25, 0.3) is 5.91 Å². The molecule has 0 spiro atoms. The smallest absolute Gasteiger partial charge is 0.251 e. The van der Waals surface area contributed by atoms with Crippen LogP contribution in [0.3, 0.4) is 0 Å². The molecule has 0 bridgehead atoms. The van der Waals surface area contributed by atoms with E-state index in [2.05, 4.69) is 22.8 Å². The van der Waals surface area contributed by atoms with Gasteiger partial charge >= 0.3 is 0 Å². The first kappa shape index (κ1) is 17.3. The van der Waals surface area contributed by atoms with Gasteiger partial charge in [-0.3, -0.25) is 9.59 Å². The van der Waals surface area contributed by atoms with Gasteiger partial charge < -0.3 is 10.6 Å². The number of carbonyl (C=O) groups is 2. The Kier molecular flexibility index (Phi) is 6.39. The van der Waals surface area contributed by atoms with Crippen molar-refractivity contribution in [3.8, 4) is 0 Å². The maximum Gasteiger partial charge on any atom is 0.251 e. The molecule has 2 atom stereocenters. The number of hydrogen-bond acceptors (Lipinski definition) is 2. The molecule has 2 unspecified atom stereocenters. The van der Waals surface area contributed by atoms with Crippen LogP contribution < -0.4 is 10.6 Å². The summed E-state index contributed by atoms with van der Waals surface area (Å²) in [6.07, 6.45) is 7.85. The van der Waals surface area contributed by atoms with Gasteiger partial charge in [-0.1, -0.05) is 31.2 Å². The molecule has 1 aliphatic carbocycles. The van der Waals surface area contributed by atoms with E-state index >= 15 is 0 Å². The third kappa shape index (κ3) is 5.55. The first-order valence-electron chi connectivity index (χ1n) is 8.41. The number of nitrogens with one attached hydrogen (secondary N) is 2. The van der Waals surface area contributed by atoms with Gasteiger partial charge in [0.2, 0.25) is 5.91 Å². The highest BCUT2D eigenvalue weighted by molar-refractivity contribution is 5.94. The molecule has 4 nitrogen and oxygen atoms in total. The zero-order valence-corrected chi connectivity index (χ0v) is 14.0. The van der Waals surface area contributed by atoms with E-state index in [9.17, 15) is 9.59 Å². The minimum absolute atomic E-state index is 0.0657. The van der Waals surface area contributed by atoms with Gasteiger partial charge in [-0.05, 0) is 49.8 Å². The van der Waals surface area contributed by atoms with E-state index in [-0.39, 0.29) is 17.9 Å². The van der Waals surface area contributed by atoms with Crippen molar-refractivity contribution < 1.29 is 9.59 Å². The van der Waals surface area contributed by atoms with Crippen molar-refractivity contribution in [2.24, 2.45) is 5.92 Å². The van der Waals surface area contributed by atoms with Crippen molar-refractivity contribution >= 4 is 11.8 Å².